The predicted molar refractivity (Wildman–Crippen MR) is 37.4 cm³/mol. The summed E-state index contributed by atoms with van der Waals surface area (Å²) >= 11 is 0. The number of rotatable bonds is 0. The van der Waals surface area contributed by atoms with Gasteiger partial charge in [0.1, 0.15) is 0 Å². The van der Waals surface area contributed by atoms with Crippen LogP contribution in [-0.2, 0) is 0 Å². The van der Waals surface area contributed by atoms with Crippen molar-refractivity contribution in [3.8, 4) is 0 Å². The van der Waals surface area contributed by atoms with Gasteiger partial charge < -0.3 is 16.9 Å². The second-order valence-electron chi connectivity index (χ2n) is 1.02. The van der Waals surface area contributed by atoms with Crippen LogP contribution in [0.3, 0.4) is 0 Å². The van der Waals surface area contributed by atoms with E-state index in [9.17, 15) is 9.59 Å². The van der Waals surface area contributed by atoms with Crippen molar-refractivity contribution in [1.29, 1.82) is 0 Å². The Morgan fingerprint density at radius 1 is 0.909 bits per heavy atom. The largest absolute Gasteiger partial charge is 0.412 e. The topological polar surface area (TPSA) is 194 Å². The maximum Gasteiger partial charge on any atom is 0.326 e. The van der Waals surface area contributed by atoms with E-state index in [2.05, 4.69) is 23.2 Å². The van der Waals surface area contributed by atoms with E-state index in [1.807, 2.05) is 0 Å². The van der Waals surface area contributed by atoms with Crippen LogP contribution in [0.15, 0.2) is 0 Å². The normalized spacial score (nSPS) is 6.00. The SMILES string of the molecule is NNC(N)=O.NNC(N)=O.O. The van der Waals surface area contributed by atoms with Gasteiger partial charge in [0, 0.05) is 0 Å². The molecule has 0 heterocycles. The minimum atomic E-state index is -0.718. The van der Waals surface area contributed by atoms with Crippen molar-refractivity contribution >= 4 is 12.1 Å². The third kappa shape index (κ3) is 59.3. The first-order valence-electron chi connectivity index (χ1n) is 2.06. The maximum absolute atomic E-state index is 9.35. The molecule has 11 heavy (non-hydrogen) atoms. The molecule has 0 atom stereocenters. The van der Waals surface area contributed by atoms with Gasteiger partial charge in [-0.3, -0.25) is 10.9 Å². The van der Waals surface area contributed by atoms with Crippen molar-refractivity contribution in [2.45, 2.75) is 0 Å². The molecule has 4 amide bonds. The van der Waals surface area contributed by atoms with E-state index in [1.165, 1.54) is 0 Å². The standard InChI is InChI=1S/2CH5N3O.H2O/c2*2-1(5)4-3;/h2*3H2,(H3,2,4,5);1H2. The number of primary amides is 2. The minimum absolute atomic E-state index is 0. The van der Waals surface area contributed by atoms with Gasteiger partial charge in [-0.2, -0.15) is 0 Å². The summed E-state index contributed by atoms with van der Waals surface area (Å²) in [5.74, 6) is 8.89. The van der Waals surface area contributed by atoms with Crippen molar-refractivity contribution in [1.82, 2.24) is 10.9 Å². The lowest BCUT2D eigenvalue weighted by Crippen LogP contribution is -2.34. The zero-order chi connectivity index (χ0) is 8.57. The van der Waals surface area contributed by atoms with Crippen LogP contribution in [0, 0.1) is 0 Å². The van der Waals surface area contributed by atoms with Gasteiger partial charge in [-0.15, -0.1) is 0 Å². The Labute approximate surface area is 62.3 Å². The Morgan fingerprint density at radius 2 is 1.00 bits per heavy atom. The van der Waals surface area contributed by atoms with Crippen molar-refractivity contribution in [2.75, 3.05) is 0 Å². The van der Waals surface area contributed by atoms with Crippen LogP contribution in [0.2, 0.25) is 0 Å². The molecule has 9 heteroatoms. The fourth-order valence-electron chi connectivity index (χ4n) is 0. The molecule has 0 aromatic rings. The van der Waals surface area contributed by atoms with Crippen LogP contribution in [0.4, 0.5) is 9.59 Å². The number of carbonyl (C=O) groups excluding carboxylic acids is 2. The second-order valence-corrected chi connectivity index (χ2v) is 1.02. The molecule has 68 valence electrons. The van der Waals surface area contributed by atoms with E-state index in [-0.39, 0.29) is 5.48 Å². The van der Waals surface area contributed by atoms with Crippen molar-refractivity contribution in [3.05, 3.63) is 0 Å². The summed E-state index contributed by atoms with van der Waals surface area (Å²) in [6.45, 7) is 0. The molecule has 0 fully saturated rings. The Kier molecular flexibility index (Phi) is 16.6. The Bertz CT molecular complexity index is 100. The Balaban J connectivity index is -0.000000107. The molecule has 12 N–H and O–H groups in total. The highest BCUT2D eigenvalue weighted by Gasteiger charge is 1.73. The van der Waals surface area contributed by atoms with Crippen molar-refractivity contribution in [2.24, 2.45) is 23.2 Å². The summed E-state index contributed by atoms with van der Waals surface area (Å²) in [7, 11) is 0. The molecule has 0 spiro atoms. The molecule has 0 bridgehead atoms. The Hall–Kier alpha value is -1.58. The lowest BCUT2D eigenvalue weighted by molar-refractivity contribution is 0.248. The summed E-state index contributed by atoms with van der Waals surface area (Å²) < 4.78 is 0. The van der Waals surface area contributed by atoms with Gasteiger partial charge in [-0.1, -0.05) is 0 Å². The molecule has 0 radical (unpaired) electrons. The molecule has 9 nitrogen and oxygen atoms in total. The molecule has 0 saturated heterocycles. The predicted octanol–water partition coefficient (Wildman–Crippen LogP) is -3.77. The monoisotopic (exact) mass is 168 g/mol. The van der Waals surface area contributed by atoms with E-state index < -0.39 is 12.1 Å². The van der Waals surface area contributed by atoms with Gasteiger partial charge in [0.15, 0.2) is 0 Å². The average molecular weight is 168 g/mol. The van der Waals surface area contributed by atoms with E-state index in [1.54, 1.807) is 10.9 Å². The number of urea groups is 2. The number of nitrogens with one attached hydrogen (secondary N) is 2. The molecule has 0 rings (SSSR count). The van der Waals surface area contributed by atoms with Gasteiger partial charge >= 0.3 is 12.1 Å². The summed E-state index contributed by atoms with van der Waals surface area (Å²) in [4.78, 5) is 18.7. The summed E-state index contributed by atoms with van der Waals surface area (Å²) in [6, 6.07) is -1.44. The van der Waals surface area contributed by atoms with E-state index >= 15 is 0 Å². The van der Waals surface area contributed by atoms with Crippen LogP contribution < -0.4 is 34.0 Å². The zero-order valence-electron chi connectivity index (χ0n) is 5.63. The molecule has 0 unspecified atom stereocenters. The lowest BCUT2D eigenvalue weighted by atomic mass is 11.2. The molecule has 0 aliphatic rings. The van der Waals surface area contributed by atoms with Crippen LogP contribution in [0.25, 0.3) is 0 Å². The number of carbonyl (C=O) groups is 2. The van der Waals surface area contributed by atoms with Gasteiger partial charge in [0.05, 0.1) is 0 Å². The highest BCUT2D eigenvalue weighted by molar-refractivity contribution is 5.70. The quantitative estimate of drug-likeness (QED) is 0.123. The smallest absolute Gasteiger partial charge is 0.326 e. The van der Waals surface area contributed by atoms with Crippen LogP contribution >= 0.6 is 0 Å². The maximum atomic E-state index is 9.35. The van der Waals surface area contributed by atoms with Gasteiger partial charge in [0.2, 0.25) is 0 Å². The molecule has 0 aromatic carbocycles. The molecular weight excluding hydrogens is 156 g/mol. The van der Waals surface area contributed by atoms with Gasteiger partial charge in [0.25, 0.3) is 0 Å². The molecule has 0 saturated carbocycles. The summed E-state index contributed by atoms with van der Waals surface area (Å²) in [5.41, 5.74) is 12.2. The number of hydrogen-bond acceptors (Lipinski definition) is 4. The van der Waals surface area contributed by atoms with Gasteiger partial charge in [-0.25, -0.2) is 21.3 Å². The average Bonchev–Trinajstić information content (AvgIpc) is 1.89. The zero-order valence-corrected chi connectivity index (χ0v) is 5.63. The molecule has 0 aliphatic heterocycles. The first-order chi connectivity index (χ1) is 4.54. The van der Waals surface area contributed by atoms with Gasteiger partial charge in [-0.05, 0) is 0 Å². The van der Waals surface area contributed by atoms with E-state index in [0.29, 0.717) is 0 Å². The molecule has 0 aliphatic carbocycles. The number of nitrogens with two attached hydrogens (primary N) is 4. The fraction of sp³-hybridized carbons (Fsp3) is 0. The number of amides is 4. The molecular formula is C2H12N6O3. The fourth-order valence-corrected chi connectivity index (χ4v) is 0. The number of hydrazine groups is 2. The lowest BCUT2D eigenvalue weighted by Gasteiger charge is -1.81. The summed E-state index contributed by atoms with van der Waals surface area (Å²) in [6.07, 6.45) is 0. The van der Waals surface area contributed by atoms with Crippen LogP contribution in [-0.4, -0.2) is 17.5 Å². The van der Waals surface area contributed by atoms with E-state index in [4.69, 9.17) is 0 Å². The van der Waals surface area contributed by atoms with Crippen LogP contribution in [0.1, 0.15) is 0 Å². The van der Waals surface area contributed by atoms with Crippen molar-refractivity contribution in [3.63, 3.8) is 0 Å². The third-order valence-electron chi connectivity index (χ3n) is 0.285. The number of hydrogen-bond donors (Lipinski definition) is 6. The second kappa shape index (κ2) is 11.2. The first kappa shape index (κ1) is 16.2. The van der Waals surface area contributed by atoms with Crippen molar-refractivity contribution < 1.29 is 15.1 Å². The minimum Gasteiger partial charge on any atom is -0.412 e. The third-order valence-corrected chi connectivity index (χ3v) is 0.285. The highest BCUT2D eigenvalue weighted by Crippen LogP contribution is 1.35. The first-order valence-corrected chi connectivity index (χ1v) is 2.06. The van der Waals surface area contributed by atoms with E-state index in [0.717, 1.165) is 0 Å². The van der Waals surface area contributed by atoms with Crippen LogP contribution in [0.5, 0.6) is 0 Å². The highest BCUT2D eigenvalue weighted by atomic mass is 16.2. The summed E-state index contributed by atoms with van der Waals surface area (Å²) in [5, 5.41) is 0. The Morgan fingerprint density at radius 3 is 1.00 bits per heavy atom. The molecule has 0 aromatic heterocycles.